The lowest BCUT2D eigenvalue weighted by Crippen LogP contribution is -2.41. The molecule has 3 heterocycles. The predicted molar refractivity (Wildman–Crippen MR) is 106 cm³/mol. The van der Waals surface area contributed by atoms with Crippen LogP contribution >= 0.6 is 11.6 Å². The van der Waals surface area contributed by atoms with Crippen LogP contribution in [0.4, 0.5) is 10.5 Å². The number of aromatic nitrogens is 4. The van der Waals surface area contributed by atoms with E-state index in [1.54, 1.807) is 37.5 Å². The third kappa shape index (κ3) is 2.93. The van der Waals surface area contributed by atoms with E-state index < -0.39 is 0 Å². The van der Waals surface area contributed by atoms with Crippen LogP contribution in [0.2, 0.25) is 5.02 Å². The molecule has 0 N–H and O–H groups in total. The number of halogens is 1. The fourth-order valence-corrected chi connectivity index (χ4v) is 3.27. The summed E-state index contributed by atoms with van der Waals surface area (Å²) in [7, 11) is 3.43. The topological polar surface area (TPSA) is 80.3 Å². The van der Waals surface area contributed by atoms with Crippen LogP contribution in [-0.4, -0.2) is 44.7 Å². The van der Waals surface area contributed by atoms with Gasteiger partial charge in [-0.3, -0.25) is 9.47 Å². The Kier molecular flexibility index (Phi) is 4.19. The molecule has 0 spiro atoms. The van der Waals surface area contributed by atoms with Crippen molar-refractivity contribution in [3.05, 3.63) is 41.1 Å². The van der Waals surface area contributed by atoms with Crippen LogP contribution in [-0.2, 0) is 12.0 Å². The van der Waals surface area contributed by atoms with E-state index >= 15 is 0 Å². The third-order valence-electron chi connectivity index (χ3n) is 4.56. The molecule has 0 bridgehead atoms. The van der Waals surface area contributed by atoms with Gasteiger partial charge in [-0.25, -0.2) is 9.78 Å². The maximum absolute atomic E-state index is 12.8. The van der Waals surface area contributed by atoms with Gasteiger partial charge in [0.25, 0.3) is 0 Å². The van der Waals surface area contributed by atoms with Crippen molar-refractivity contribution in [2.45, 2.75) is 32.7 Å². The molecular weight excluding hydrogens is 380 g/mol. The molecule has 0 saturated carbocycles. The average Bonchev–Trinajstić information content (AvgIpc) is 3.26. The standard InChI is InChI=1S/C19H21ClN6O2/c1-19(2,3)17-22-16(23-28-17)15-14-9-25(18(27)24(4)5)13-8-11(20)6-7-12(13)26(14)10-21-15/h6-8,10H,9H2,1-5H3. The molecule has 3 aromatic rings. The molecule has 8 nitrogen and oxygen atoms in total. The number of anilines is 1. The molecule has 1 aliphatic heterocycles. The number of nitrogens with zero attached hydrogens (tertiary/aromatic N) is 6. The summed E-state index contributed by atoms with van der Waals surface area (Å²) in [6.07, 6.45) is 1.71. The predicted octanol–water partition coefficient (Wildman–Crippen LogP) is 3.87. The second-order valence-corrected chi connectivity index (χ2v) is 8.42. The highest BCUT2D eigenvalue weighted by atomic mass is 35.5. The highest BCUT2D eigenvalue weighted by Crippen LogP contribution is 2.37. The Labute approximate surface area is 167 Å². The Bertz CT molecular complexity index is 1060. The summed E-state index contributed by atoms with van der Waals surface area (Å²) in [4.78, 5) is 25.1. The summed E-state index contributed by atoms with van der Waals surface area (Å²) in [6.45, 7) is 6.33. The van der Waals surface area contributed by atoms with Crippen molar-refractivity contribution in [3.63, 3.8) is 0 Å². The lowest BCUT2D eigenvalue weighted by molar-refractivity contribution is 0.223. The molecule has 1 aliphatic rings. The first-order valence-corrected chi connectivity index (χ1v) is 9.24. The van der Waals surface area contributed by atoms with E-state index in [0.717, 1.165) is 17.1 Å². The van der Waals surface area contributed by atoms with E-state index in [4.69, 9.17) is 16.1 Å². The number of benzene rings is 1. The Morgan fingerprint density at radius 1 is 1.25 bits per heavy atom. The van der Waals surface area contributed by atoms with Crippen molar-refractivity contribution in [2.24, 2.45) is 0 Å². The molecule has 28 heavy (non-hydrogen) atoms. The number of amides is 2. The number of carbonyl (C=O) groups is 1. The number of imidazole rings is 1. The Balaban J connectivity index is 1.85. The summed E-state index contributed by atoms with van der Waals surface area (Å²) in [5, 5.41) is 4.67. The molecule has 0 atom stereocenters. The minimum absolute atomic E-state index is 0.148. The van der Waals surface area contributed by atoms with Gasteiger partial charge in [0, 0.05) is 24.5 Å². The summed E-state index contributed by atoms with van der Waals surface area (Å²) in [6, 6.07) is 5.30. The highest BCUT2D eigenvalue weighted by molar-refractivity contribution is 6.31. The normalized spacial score (nSPS) is 13.3. The number of urea groups is 1. The fraction of sp³-hybridized carbons (Fsp3) is 0.368. The molecule has 0 unspecified atom stereocenters. The first-order chi connectivity index (χ1) is 13.2. The van der Waals surface area contributed by atoms with Gasteiger partial charge >= 0.3 is 6.03 Å². The maximum atomic E-state index is 12.8. The van der Waals surface area contributed by atoms with Crippen LogP contribution in [0.25, 0.3) is 17.2 Å². The molecule has 0 radical (unpaired) electrons. The van der Waals surface area contributed by atoms with Gasteiger partial charge < -0.3 is 9.42 Å². The average molecular weight is 401 g/mol. The van der Waals surface area contributed by atoms with Gasteiger partial charge in [-0.2, -0.15) is 4.98 Å². The molecule has 9 heteroatoms. The minimum Gasteiger partial charge on any atom is -0.338 e. The van der Waals surface area contributed by atoms with Gasteiger partial charge in [0.05, 0.1) is 23.6 Å². The molecular formula is C19H21ClN6O2. The van der Waals surface area contributed by atoms with Crippen molar-refractivity contribution < 1.29 is 9.32 Å². The molecule has 2 amide bonds. The van der Waals surface area contributed by atoms with Gasteiger partial charge in [0.15, 0.2) is 0 Å². The van der Waals surface area contributed by atoms with E-state index in [1.807, 2.05) is 31.4 Å². The van der Waals surface area contributed by atoms with Crippen LogP contribution in [0.3, 0.4) is 0 Å². The Hall–Kier alpha value is -2.87. The van der Waals surface area contributed by atoms with Gasteiger partial charge in [-0.15, -0.1) is 0 Å². The summed E-state index contributed by atoms with van der Waals surface area (Å²) in [5.74, 6) is 0.946. The van der Waals surface area contributed by atoms with Crippen molar-refractivity contribution in [2.75, 3.05) is 19.0 Å². The highest BCUT2D eigenvalue weighted by Gasteiger charge is 2.32. The maximum Gasteiger partial charge on any atom is 0.324 e. The van der Waals surface area contributed by atoms with Crippen molar-refractivity contribution in [1.82, 2.24) is 24.6 Å². The van der Waals surface area contributed by atoms with Gasteiger partial charge in [-0.1, -0.05) is 37.5 Å². The first-order valence-electron chi connectivity index (χ1n) is 8.86. The monoisotopic (exact) mass is 400 g/mol. The van der Waals surface area contributed by atoms with Gasteiger partial charge in [-0.05, 0) is 18.2 Å². The molecule has 0 saturated heterocycles. The van der Waals surface area contributed by atoms with Gasteiger partial charge in [0.1, 0.15) is 12.0 Å². The number of fused-ring (bicyclic) bond motifs is 3. The Morgan fingerprint density at radius 3 is 2.64 bits per heavy atom. The van der Waals surface area contributed by atoms with Crippen LogP contribution in [0.1, 0.15) is 32.4 Å². The van der Waals surface area contributed by atoms with Crippen LogP contribution in [0.15, 0.2) is 29.0 Å². The Morgan fingerprint density at radius 2 is 2.00 bits per heavy atom. The van der Waals surface area contributed by atoms with E-state index in [0.29, 0.717) is 29.0 Å². The zero-order valence-corrected chi connectivity index (χ0v) is 17.2. The molecule has 146 valence electrons. The second-order valence-electron chi connectivity index (χ2n) is 7.98. The summed E-state index contributed by atoms with van der Waals surface area (Å²) < 4.78 is 7.36. The van der Waals surface area contributed by atoms with Crippen molar-refractivity contribution in [1.29, 1.82) is 0 Å². The fourth-order valence-electron chi connectivity index (χ4n) is 3.11. The van der Waals surface area contributed by atoms with E-state index in [2.05, 4.69) is 15.1 Å². The lowest BCUT2D eigenvalue weighted by atomic mass is 9.97. The van der Waals surface area contributed by atoms with E-state index in [9.17, 15) is 4.79 Å². The van der Waals surface area contributed by atoms with Crippen LogP contribution in [0.5, 0.6) is 0 Å². The third-order valence-corrected chi connectivity index (χ3v) is 4.79. The van der Waals surface area contributed by atoms with E-state index in [-0.39, 0.29) is 11.4 Å². The van der Waals surface area contributed by atoms with Crippen molar-refractivity contribution >= 4 is 23.3 Å². The first kappa shape index (κ1) is 18.5. The zero-order chi connectivity index (χ0) is 20.2. The quantitative estimate of drug-likeness (QED) is 0.619. The number of carbonyl (C=O) groups excluding carboxylic acids is 1. The lowest BCUT2D eigenvalue weighted by Gasteiger charge is -2.32. The zero-order valence-electron chi connectivity index (χ0n) is 16.4. The summed E-state index contributed by atoms with van der Waals surface area (Å²) in [5.41, 5.74) is 2.69. The van der Waals surface area contributed by atoms with Gasteiger partial charge in [0.2, 0.25) is 11.7 Å². The second kappa shape index (κ2) is 6.34. The minimum atomic E-state index is -0.263. The molecule has 0 aliphatic carbocycles. The van der Waals surface area contributed by atoms with Crippen LogP contribution in [0, 0.1) is 0 Å². The SMILES string of the molecule is CN(C)C(=O)N1Cc2c(-c3noc(C(C)(C)C)n3)ncn2-c2ccc(Cl)cc21. The number of hydrogen-bond acceptors (Lipinski definition) is 5. The molecule has 4 rings (SSSR count). The smallest absolute Gasteiger partial charge is 0.324 e. The number of hydrogen-bond donors (Lipinski definition) is 0. The largest absolute Gasteiger partial charge is 0.338 e. The van der Waals surface area contributed by atoms with Crippen LogP contribution < -0.4 is 4.90 Å². The number of rotatable bonds is 1. The molecule has 1 aromatic carbocycles. The molecule has 2 aromatic heterocycles. The summed E-state index contributed by atoms with van der Waals surface area (Å²) >= 11 is 6.19. The van der Waals surface area contributed by atoms with Crippen molar-refractivity contribution in [3.8, 4) is 17.2 Å². The van der Waals surface area contributed by atoms with E-state index in [1.165, 1.54) is 4.90 Å². The molecule has 0 fully saturated rings.